The van der Waals surface area contributed by atoms with E-state index < -0.39 is 0 Å². The van der Waals surface area contributed by atoms with Gasteiger partial charge in [-0.15, -0.1) is 0 Å². The molecule has 8 nitrogen and oxygen atoms in total. The van der Waals surface area contributed by atoms with E-state index in [9.17, 15) is 9.59 Å². The molecular weight excluding hydrogens is 362 g/mol. The van der Waals surface area contributed by atoms with Gasteiger partial charge in [-0.2, -0.15) is 5.26 Å². The van der Waals surface area contributed by atoms with Crippen molar-refractivity contribution in [2.75, 3.05) is 46.1 Å². The molecule has 1 aromatic rings. The number of morpholine rings is 1. The number of amides is 2. The highest BCUT2D eigenvalue weighted by molar-refractivity contribution is 5.78. The standard InChI is InChI=1S/C20H25N3O5/c21-13-16-5-1-2-7-18(16)27-15-19(24)23-8-4-3-6-17(23)14-28-20(25)22-9-11-26-12-10-22/h1-2,5,7,17H,3-4,6,8-12,14-15H2. The molecule has 0 radical (unpaired) electrons. The Kier molecular flexibility index (Phi) is 7.09. The fraction of sp³-hybridized carbons (Fsp3) is 0.550. The topological polar surface area (TPSA) is 92.1 Å². The molecule has 2 amide bonds. The number of ether oxygens (including phenoxy) is 3. The van der Waals surface area contributed by atoms with Crippen LogP contribution in [0.25, 0.3) is 0 Å². The number of likely N-dealkylation sites (tertiary alicyclic amines) is 1. The van der Waals surface area contributed by atoms with Gasteiger partial charge in [0.15, 0.2) is 6.61 Å². The molecule has 0 bridgehead atoms. The number of nitriles is 1. The Labute approximate surface area is 164 Å². The molecule has 2 aliphatic rings. The largest absolute Gasteiger partial charge is 0.482 e. The molecule has 1 atom stereocenters. The maximum atomic E-state index is 12.7. The molecule has 8 heteroatoms. The van der Waals surface area contributed by atoms with Crippen molar-refractivity contribution < 1.29 is 23.8 Å². The predicted octanol–water partition coefficient (Wildman–Crippen LogP) is 1.79. The first kappa shape index (κ1) is 20.0. The highest BCUT2D eigenvalue weighted by atomic mass is 16.6. The zero-order chi connectivity index (χ0) is 19.8. The molecule has 3 rings (SSSR count). The van der Waals surface area contributed by atoms with E-state index in [1.54, 1.807) is 34.1 Å². The Morgan fingerprint density at radius 3 is 2.75 bits per heavy atom. The van der Waals surface area contributed by atoms with Crippen molar-refractivity contribution in [3.8, 4) is 11.8 Å². The molecule has 0 saturated carbocycles. The van der Waals surface area contributed by atoms with Crippen LogP contribution >= 0.6 is 0 Å². The van der Waals surface area contributed by atoms with E-state index in [4.69, 9.17) is 19.5 Å². The van der Waals surface area contributed by atoms with Crippen molar-refractivity contribution in [2.45, 2.75) is 25.3 Å². The summed E-state index contributed by atoms with van der Waals surface area (Å²) in [7, 11) is 0. The van der Waals surface area contributed by atoms with Gasteiger partial charge in [0.1, 0.15) is 18.4 Å². The zero-order valence-electron chi connectivity index (χ0n) is 15.8. The van der Waals surface area contributed by atoms with Crippen LogP contribution in [-0.4, -0.2) is 73.9 Å². The maximum absolute atomic E-state index is 12.7. The minimum absolute atomic E-state index is 0.146. The van der Waals surface area contributed by atoms with Crippen LogP contribution in [0.15, 0.2) is 24.3 Å². The molecule has 2 fully saturated rings. The summed E-state index contributed by atoms with van der Waals surface area (Å²) in [5.74, 6) is 0.227. The molecule has 150 valence electrons. The van der Waals surface area contributed by atoms with Gasteiger partial charge in [-0.1, -0.05) is 12.1 Å². The smallest absolute Gasteiger partial charge is 0.409 e. The van der Waals surface area contributed by atoms with Crippen molar-refractivity contribution in [1.82, 2.24) is 9.80 Å². The van der Waals surface area contributed by atoms with E-state index in [1.165, 1.54) is 0 Å². The summed E-state index contributed by atoms with van der Waals surface area (Å²) in [5, 5.41) is 9.12. The van der Waals surface area contributed by atoms with E-state index in [0.29, 0.717) is 44.2 Å². The van der Waals surface area contributed by atoms with Crippen LogP contribution in [-0.2, 0) is 14.3 Å². The fourth-order valence-electron chi connectivity index (χ4n) is 3.41. The number of rotatable bonds is 5. The average molecular weight is 387 g/mol. The molecule has 0 aliphatic carbocycles. The molecule has 2 heterocycles. The lowest BCUT2D eigenvalue weighted by molar-refractivity contribution is -0.138. The average Bonchev–Trinajstić information content (AvgIpc) is 2.76. The second-order valence-electron chi connectivity index (χ2n) is 6.81. The highest BCUT2D eigenvalue weighted by Crippen LogP contribution is 2.20. The second kappa shape index (κ2) is 9.95. The van der Waals surface area contributed by atoms with Gasteiger partial charge in [0.05, 0.1) is 24.8 Å². The third-order valence-corrected chi connectivity index (χ3v) is 4.97. The zero-order valence-corrected chi connectivity index (χ0v) is 15.8. The summed E-state index contributed by atoms with van der Waals surface area (Å²) in [5.41, 5.74) is 0.393. The minimum atomic E-state index is -0.361. The number of hydrogen-bond acceptors (Lipinski definition) is 6. The third-order valence-electron chi connectivity index (χ3n) is 4.97. The molecule has 1 aromatic carbocycles. The molecule has 0 aromatic heterocycles. The summed E-state index contributed by atoms with van der Waals surface area (Å²) in [6.45, 7) is 2.73. The van der Waals surface area contributed by atoms with Crippen LogP contribution in [0.2, 0.25) is 0 Å². The van der Waals surface area contributed by atoms with Crippen molar-refractivity contribution >= 4 is 12.0 Å². The predicted molar refractivity (Wildman–Crippen MR) is 99.7 cm³/mol. The first-order chi connectivity index (χ1) is 13.7. The summed E-state index contributed by atoms with van der Waals surface area (Å²) >= 11 is 0. The van der Waals surface area contributed by atoms with E-state index in [1.807, 2.05) is 0 Å². The molecule has 2 saturated heterocycles. The highest BCUT2D eigenvalue weighted by Gasteiger charge is 2.29. The number of carbonyl (C=O) groups excluding carboxylic acids is 2. The van der Waals surface area contributed by atoms with E-state index in [-0.39, 0.29) is 31.3 Å². The van der Waals surface area contributed by atoms with Crippen LogP contribution in [0.3, 0.4) is 0 Å². The lowest BCUT2D eigenvalue weighted by atomic mass is 10.0. The fourth-order valence-corrected chi connectivity index (χ4v) is 3.41. The Hall–Kier alpha value is -2.79. The summed E-state index contributed by atoms with van der Waals surface area (Å²) in [6.07, 6.45) is 2.33. The van der Waals surface area contributed by atoms with E-state index in [0.717, 1.165) is 19.3 Å². The van der Waals surface area contributed by atoms with Crippen LogP contribution < -0.4 is 4.74 Å². The van der Waals surface area contributed by atoms with E-state index in [2.05, 4.69) is 6.07 Å². The molecule has 1 unspecified atom stereocenters. The van der Waals surface area contributed by atoms with Crippen molar-refractivity contribution in [3.63, 3.8) is 0 Å². The van der Waals surface area contributed by atoms with Gasteiger partial charge in [-0.3, -0.25) is 4.79 Å². The minimum Gasteiger partial charge on any atom is -0.482 e. The van der Waals surface area contributed by atoms with Gasteiger partial charge >= 0.3 is 6.09 Å². The molecule has 28 heavy (non-hydrogen) atoms. The number of hydrogen-bond donors (Lipinski definition) is 0. The number of piperidine rings is 1. The Bertz CT molecular complexity index is 727. The Morgan fingerprint density at radius 2 is 1.96 bits per heavy atom. The van der Waals surface area contributed by atoms with Gasteiger partial charge < -0.3 is 24.0 Å². The van der Waals surface area contributed by atoms with E-state index >= 15 is 0 Å². The summed E-state index contributed by atoms with van der Waals surface area (Å²) in [6, 6.07) is 8.72. The molecule has 2 aliphatic heterocycles. The van der Waals surface area contributed by atoms with Gasteiger partial charge in [0.2, 0.25) is 0 Å². The number of para-hydroxylation sites is 1. The lowest BCUT2D eigenvalue weighted by Crippen LogP contribution is -2.49. The van der Waals surface area contributed by atoms with Crippen LogP contribution in [0.5, 0.6) is 5.75 Å². The molecular formula is C20H25N3O5. The van der Waals surface area contributed by atoms with Gasteiger partial charge in [0.25, 0.3) is 5.91 Å². The second-order valence-corrected chi connectivity index (χ2v) is 6.81. The van der Waals surface area contributed by atoms with Crippen LogP contribution in [0, 0.1) is 11.3 Å². The summed E-state index contributed by atoms with van der Waals surface area (Å²) in [4.78, 5) is 28.2. The number of benzene rings is 1. The summed E-state index contributed by atoms with van der Waals surface area (Å²) < 4.78 is 16.3. The lowest BCUT2D eigenvalue weighted by Gasteiger charge is -2.36. The number of nitrogens with zero attached hydrogens (tertiary/aromatic N) is 3. The first-order valence-corrected chi connectivity index (χ1v) is 9.60. The quantitative estimate of drug-likeness (QED) is 0.765. The van der Waals surface area contributed by atoms with Crippen molar-refractivity contribution in [1.29, 1.82) is 5.26 Å². The normalized spacial score (nSPS) is 19.6. The molecule has 0 N–H and O–H groups in total. The van der Waals surface area contributed by atoms with Crippen LogP contribution in [0.1, 0.15) is 24.8 Å². The first-order valence-electron chi connectivity index (χ1n) is 9.60. The Morgan fingerprint density at radius 1 is 1.18 bits per heavy atom. The van der Waals surface area contributed by atoms with Crippen LogP contribution in [0.4, 0.5) is 4.79 Å². The maximum Gasteiger partial charge on any atom is 0.409 e. The number of carbonyl (C=O) groups is 2. The molecule has 0 spiro atoms. The van der Waals surface area contributed by atoms with Crippen molar-refractivity contribution in [2.24, 2.45) is 0 Å². The van der Waals surface area contributed by atoms with Gasteiger partial charge in [0, 0.05) is 19.6 Å². The van der Waals surface area contributed by atoms with Crippen molar-refractivity contribution in [3.05, 3.63) is 29.8 Å². The van der Waals surface area contributed by atoms with Gasteiger partial charge in [-0.25, -0.2) is 4.79 Å². The van der Waals surface area contributed by atoms with Gasteiger partial charge in [-0.05, 0) is 31.4 Å². The Balaban J connectivity index is 1.52. The SMILES string of the molecule is N#Cc1ccccc1OCC(=O)N1CCCCC1COC(=O)N1CCOCC1. The monoisotopic (exact) mass is 387 g/mol. The third kappa shape index (κ3) is 5.14.